The lowest BCUT2D eigenvalue weighted by molar-refractivity contribution is -0.224. The lowest BCUT2D eigenvalue weighted by Gasteiger charge is -2.64. The Morgan fingerprint density at radius 2 is 1.51 bits per heavy atom. The largest absolute Gasteiger partial charge is 0.481 e. The average molecular weight is 521 g/mol. The van der Waals surface area contributed by atoms with Gasteiger partial charge in [0.1, 0.15) is 18.3 Å². The smallest absolute Gasteiger partial charge is 0.303 e. The highest BCUT2D eigenvalue weighted by molar-refractivity contribution is 5.67. The van der Waals surface area contributed by atoms with Crippen molar-refractivity contribution in [1.82, 2.24) is 0 Å². The Balaban J connectivity index is 1.73. The molecule has 0 unspecified atom stereocenters. The Bertz CT molecular complexity index is 931. The fraction of sp³-hybridized carbons (Fsp3) is 0.862. The molecular weight excluding hydrogens is 476 g/mol. The average Bonchev–Trinajstić information content (AvgIpc) is 3.12. The van der Waals surface area contributed by atoms with Gasteiger partial charge in [0.2, 0.25) is 0 Å². The fourth-order valence-corrected chi connectivity index (χ4v) is 9.53. The molecule has 0 aliphatic heterocycles. The minimum Gasteiger partial charge on any atom is -0.481 e. The molecule has 0 spiro atoms. The normalized spacial score (nSPS) is 43.4. The molecule has 4 fully saturated rings. The van der Waals surface area contributed by atoms with E-state index in [2.05, 4.69) is 13.8 Å². The molecule has 37 heavy (non-hydrogen) atoms. The highest BCUT2D eigenvalue weighted by atomic mass is 16.6. The molecule has 0 aromatic heterocycles. The van der Waals surface area contributed by atoms with Crippen molar-refractivity contribution < 1.29 is 38.5 Å². The number of ether oxygens (including phenoxy) is 3. The molecule has 4 rings (SSSR count). The first-order valence-corrected chi connectivity index (χ1v) is 14.0. The predicted octanol–water partition coefficient (Wildman–Crippen LogP) is 4.77. The molecule has 0 aromatic carbocycles. The van der Waals surface area contributed by atoms with Crippen LogP contribution in [0.4, 0.5) is 0 Å². The van der Waals surface area contributed by atoms with E-state index in [4.69, 9.17) is 14.2 Å². The van der Waals surface area contributed by atoms with Crippen molar-refractivity contribution in [1.29, 1.82) is 0 Å². The standard InChI is InChI=1S/C29H44O8/c1-15(11-26(33)34)21-7-8-22-27-23(14-25(29(21,22)6)37-18(4)32)28(5)10-9-20(35-16(2)30)12-19(28)13-24(27)36-17(3)31/h15,19-25,27H,7-14H2,1-6H3,(H,33,34)/t15-,19-,20+,21+,22-,23-,24-,25-,27-,28+,29-/m1/s1. The van der Waals surface area contributed by atoms with Gasteiger partial charge >= 0.3 is 23.9 Å². The number of hydrogen-bond donors (Lipinski definition) is 1. The molecule has 0 heterocycles. The molecule has 1 N–H and O–H groups in total. The Labute approximate surface area is 220 Å². The van der Waals surface area contributed by atoms with Crippen LogP contribution in [0.3, 0.4) is 0 Å². The molecule has 0 amide bonds. The quantitative estimate of drug-likeness (QED) is 0.393. The molecule has 11 atom stereocenters. The molecular formula is C29H44O8. The van der Waals surface area contributed by atoms with E-state index in [1.807, 2.05) is 6.92 Å². The first-order valence-electron chi connectivity index (χ1n) is 14.0. The van der Waals surface area contributed by atoms with E-state index in [1.165, 1.54) is 20.8 Å². The van der Waals surface area contributed by atoms with Crippen molar-refractivity contribution in [2.24, 2.45) is 46.3 Å². The topological polar surface area (TPSA) is 116 Å². The molecule has 208 valence electrons. The van der Waals surface area contributed by atoms with Crippen LogP contribution in [0.15, 0.2) is 0 Å². The molecule has 0 bridgehead atoms. The zero-order chi connectivity index (χ0) is 27.3. The predicted molar refractivity (Wildman–Crippen MR) is 134 cm³/mol. The lowest BCUT2D eigenvalue weighted by atomic mass is 9.43. The first kappa shape index (κ1) is 27.9. The molecule has 8 nitrogen and oxygen atoms in total. The second-order valence-electron chi connectivity index (χ2n) is 12.8. The minimum atomic E-state index is -0.812. The van der Waals surface area contributed by atoms with Crippen molar-refractivity contribution in [3.05, 3.63) is 0 Å². The molecule has 4 aliphatic carbocycles. The van der Waals surface area contributed by atoms with Gasteiger partial charge < -0.3 is 19.3 Å². The van der Waals surface area contributed by atoms with Gasteiger partial charge in [-0.2, -0.15) is 0 Å². The number of esters is 3. The van der Waals surface area contributed by atoms with E-state index in [1.54, 1.807) is 0 Å². The molecule has 0 radical (unpaired) electrons. The summed E-state index contributed by atoms with van der Waals surface area (Å²) in [5.74, 6) is -0.958. The van der Waals surface area contributed by atoms with Crippen molar-refractivity contribution in [3.63, 3.8) is 0 Å². The van der Waals surface area contributed by atoms with Gasteiger partial charge in [-0.25, -0.2) is 0 Å². The van der Waals surface area contributed by atoms with Gasteiger partial charge in [0.15, 0.2) is 0 Å². The molecule has 8 heteroatoms. The lowest BCUT2D eigenvalue weighted by Crippen LogP contribution is -2.63. The highest BCUT2D eigenvalue weighted by Crippen LogP contribution is 2.69. The zero-order valence-corrected chi connectivity index (χ0v) is 23.2. The first-order chi connectivity index (χ1) is 17.3. The van der Waals surface area contributed by atoms with Gasteiger partial charge in [-0.05, 0) is 80.0 Å². The van der Waals surface area contributed by atoms with E-state index in [9.17, 15) is 24.3 Å². The summed E-state index contributed by atoms with van der Waals surface area (Å²) in [6.07, 6.45) is 5.00. The van der Waals surface area contributed by atoms with Crippen molar-refractivity contribution in [2.75, 3.05) is 0 Å². The monoisotopic (exact) mass is 520 g/mol. The SMILES string of the molecule is CC(=O)O[C@H]1CC[C@@]2(C)[C@H](C1)C[C@@H](OC(C)=O)[C@H]1[C@H]2C[C@@H](OC(C)=O)[C@@]2(C)[C@@H]1CC[C@H]2[C@H](C)CC(=O)O. The van der Waals surface area contributed by atoms with Gasteiger partial charge in [-0.1, -0.05) is 20.8 Å². The number of hydrogen-bond acceptors (Lipinski definition) is 7. The van der Waals surface area contributed by atoms with Crippen LogP contribution in [0.25, 0.3) is 0 Å². The van der Waals surface area contributed by atoms with E-state index < -0.39 is 11.4 Å². The van der Waals surface area contributed by atoms with Crippen molar-refractivity contribution >= 4 is 23.9 Å². The van der Waals surface area contributed by atoms with Crippen LogP contribution < -0.4 is 0 Å². The maximum atomic E-state index is 12.3. The number of carboxylic acids is 1. The summed E-state index contributed by atoms with van der Waals surface area (Å²) in [4.78, 5) is 47.9. The van der Waals surface area contributed by atoms with Gasteiger partial charge in [0.25, 0.3) is 0 Å². The number of fused-ring (bicyclic) bond motifs is 5. The summed E-state index contributed by atoms with van der Waals surface area (Å²) < 4.78 is 17.8. The van der Waals surface area contributed by atoms with Crippen LogP contribution in [0.5, 0.6) is 0 Å². The Morgan fingerprint density at radius 1 is 0.865 bits per heavy atom. The van der Waals surface area contributed by atoms with E-state index in [-0.39, 0.29) is 83.6 Å². The third kappa shape index (κ3) is 5.01. The van der Waals surface area contributed by atoms with E-state index in [0.717, 1.165) is 38.5 Å². The molecule has 0 aromatic rings. The van der Waals surface area contributed by atoms with Crippen LogP contribution in [0.2, 0.25) is 0 Å². The van der Waals surface area contributed by atoms with Crippen LogP contribution in [-0.4, -0.2) is 47.3 Å². The number of carbonyl (C=O) groups is 4. The number of carbonyl (C=O) groups excluding carboxylic acids is 3. The van der Waals surface area contributed by atoms with Gasteiger partial charge in [-0.15, -0.1) is 0 Å². The van der Waals surface area contributed by atoms with Crippen LogP contribution in [0.1, 0.15) is 92.9 Å². The van der Waals surface area contributed by atoms with E-state index in [0.29, 0.717) is 6.42 Å². The molecule has 0 saturated heterocycles. The number of carboxylic acid groups (broad SMARTS) is 1. The second-order valence-corrected chi connectivity index (χ2v) is 12.8. The summed E-state index contributed by atoms with van der Waals surface area (Å²) in [7, 11) is 0. The maximum absolute atomic E-state index is 12.3. The summed E-state index contributed by atoms with van der Waals surface area (Å²) >= 11 is 0. The third-order valence-electron chi connectivity index (χ3n) is 10.9. The van der Waals surface area contributed by atoms with Crippen LogP contribution in [-0.2, 0) is 33.4 Å². The fourth-order valence-electron chi connectivity index (χ4n) is 9.53. The van der Waals surface area contributed by atoms with Gasteiger partial charge in [0, 0.05) is 38.5 Å². The summed E-state index contributed by atoms with van der Waals surface area (Å²) in [6, 6.07) is 0. The Kier molecular flexibility index (Phi) is 7.70. The van der Waals surface area contributed by atoms with Gasteiger partial charge in [-0.3, -0.25) is 19.2 Å². The van der Waals surface area contributed by atoms with Crippen LogP contribution >= 0.6 is 0 Å². The number of rotatable bonds is 6. The summed E-state index contributed by atoms with van der Waals surface area (Å²) in [6.45, 7) is 10.9. The molecule has 4 saturated carbocycles. The highest BCUT2D eigenvalue weighted by Gasteiger charge is 2.67. The minimum absolute atomic E-state index is 0.0531. The van der Waals surface area contributed by atoms with E-state index >= 15 is 0 Å². The second kappa shape index (κ2) is 10.2. The summed E-state index contributed by atoms with van der Waals surface area (Å²) in [5, 5.41) is 9.53. The number of aliphatic carboxylic acids is 1. The van der Waals surface area contributed by atoms with Crippen LogP contribution in [0, 0.1) is 46.3 Å². The van der Waals surface area contributed by atoms with Crippen molar-refractivity contribution in [2.45, 2.75) is 111 Å². The van der Waals surface area contributed by atoms with Gasteiger partial charge in [0.05, 0.1) is 0 Å². The summed E-state index contributed by atoms with van der Waals surface area (Å²) in [5.41, 5.74) is -0.444. The zero-order valence-electron chi connectivity index (χ0n) is 23.2. The third-order valence-corrected chi connectivity index (χ3v) is 10.9. The maximum Gasteiger partial charge on any atom is 0.303 e. The van der Waals surface area contributed by atoms with Crippen molar-refractivity contribution in [3.8, 4) is 0 Å². The Morgan fingerprint density at radius 3 is 2.11 bits per heavy atom. The Hall–Kier alpha value is -2.12. The molecule has 4 aliphatic rings.